The van der Waals surface area contributed by atoms with E-state index in [0.717, 1.165) is 150 Å². The predicted molar refractivity (Wildman–Crippen MR) is 399 cm³/mol. The van der Waals surface area contributed by atoms with Gasteiger partial charge in [-0.05, 0) is 187 Å². The monoisotopic (exact) mass is 1250 g/mol. The highest BCUT2D eigenvalue weighted by Crippen LogP contribution is 2.45. The minimum atomic E-state index is 0.424. The van der Waals surface area contributed by atoms with Gasteiger partial charge in [-0.1, -0.05) is 218 Å². The van der Waals surface area contributed by atoms with Crippen molar-refractivity contribution in [1.82, 2.24) is 24.1 Å². The van der Waals surface area contributed by atoms with Crippen molar-refractivity contribution < 1.29 is 0 Å². The Bertz CT molecular complexity index is 5630. The lowest BCUT2D eigenvalue weighted by Gasteiger charge is -2.18. The number of hydrogen-bond acceptors (Lipinski definition) is 5. The van der Waals surface area contributed by atoms with Crippen molar-refractivity contribution in [2.75, 3.05) is 0 Å². The van der Waals surface area contributed by atoms with Crippen LogP contribution in [0.15, 0.2) is 328 Å². The Kier molecular flexibility index (Phi) is 14.5. The number of aromatic nitrogens is 5. The molecule has 0 bridgehead atoms. The topological polar surface area (TPSA) is 100 Å². The van der Waals surface area contributed by atoms with Crippen LogP contribution < -0.4 is 0 Å². The third-order valence-corrected chi connectivity index (χ3v) is 18.6. The van der Waals surface area contributed by atoms with E-state index < -0.39 is 0 Å². The van der Waals surface area contributed by atoms with E-state index >= 15 is 0 Å². The highest BCUT2D eigenvalue weighted by Gasteiger charge is 2.25. The molecule has 3 heterocycles. The molecule has 0 N–H and O–H groups in total. The fraction of sp³-hybridized carbons (Fsp3) is 0. The minimum absolute atomic E-state index is 0.424. The maximum Gasteiger partial charge on any atom is 0.187 e. The SMILES string of the molecule is [C-]#[N+]c1cccc(-c2ccc(-c3nc(-c4cccc(-c5cccc(C#N)c5)c4)nc(-c4ccc(-c5cccc(C#N)c5)cc4-n4c5ccc(-c6ccccc6)cc5c5cc(-c6ccccc6)ccc54)n3)c(-n3c4ccc(-c5ccccc5)cc4c4cc(-c5ccccc5)ccc43)c2)c1. The summed E-state index contributed by atoms with van der Waals surface area (Å²) in [5.41, 5.74) is 23.6. The number of rotatable bonds is 12. The quantitative estimate of drug-likeness (QED) is 0.113. The molecule has 0 saturated heterocycles. The summed E-state index contributed by atoms with van der Waals surface area (Å²) in [7, 11) is 0. The largest absolute Gasteiger partial charge is 0.308 e. The molecule has 0 saturated carbocycles. The first kappa shape index (κ1) is 58.0. The Balaban J connectivity index is 0.964. The molecule has 98 heavy (non-hydrogen) atoms. The highest BCUT2D eigenvalue weighted by molar-refractivity contribution is 6.14. The standard InChI is InChI=1S/C90H54N8/c1-93-75-33-17-31-67(49-75)73-35-41-77(87(55-73)98-84-44-38-70(62-24-10-4-11-25-62)52-80(84)81-53-71(39-45-85(81)98)63-26-12-5-13-27-63)90-95-88(74-32-16-30-66(48-74)64-28-14-18-58(46-64)56-91)94-89(96-90)76-40-34-72(65-29-15-19-59(47-65)57-92)54-86(76)97-82-42-36-68(60-20-6-2-7-21-60)50-78(82)79-51-69(37-43-83(79)97)61-22-8-3-9-23-61/h2-55H. The van der Waals surface area contributed by atoms with Gasteiger partial charge in [-0.2, -0.15) is 10.5 Å². The highest BCUT2D eigenvalue weighted by atomic mass is 15.1. The van der Waals surface area contributed by atoms with Gasteiger partial charge in [0.25, 0.3) is 0 Å². The molecule has 14 aromatic carbocycles. The van der Waals surface area contributed by atoms with Crippen LogP contribution in [0.2, 0.25) is 0 Å². The van der Waals surface area contributed by atoms with Crippen LogP contribution in [0.3, 0.4) is 0 Å². The first-order valence-corrected chi connectivity index (χ1v) is 32.4. The maximum atomic E-state index is 10.3. The lowest BCUT2D eigenvalue weighted by atomic mass is 9.99. The summed E-state index contributed by atoms with van der Waals surface area (Å²) in [6.45, 7) is 8.07. The summed E-state index contributed by atoms with van der Waals surface area (Å²) >= 11 is 0. The summed E-state index contributed by atoms with van der Waals surface area (Å²) in [5.74, 6) is 1.28. The molecule has 454 valence electrons. The molecule has 0 aliphatic rings. The molecule has 3 aromatic heterocycles. The van der Waals surface area contributed by atoms with Gasteiger partial charge in [0.05, 0.1) is 63.3 Å². The predicted octanol–water partition coefficient (Wildman–Crippen LogP) is 23.0. The third-order valence-electron chi connectivity index (χ3n) is 18.6. The number of fused-ring (bicyclic) bond motifs is 6. The van der Waals surface area contributed by atoms with Gasteiger partial charge >= 0.3 is 0 Å². The average Bonchev–Trinajstić information content (AvgIpc) is 1.57. The number of benzene rings is 14. The normalized spacial score (nSPS) is 11.2. The molecule has 0 aliphatic carbocycles. The summed E-state index contributed by atoms with van der Waals surface area (Å²) in [4.78, 5) is 20.9. The fourth-order valence-electron chi connectivity index (χ4n) is 13.9. The third kappa shape index (κ3) is 10.6. The molecule has 17 aromatic rings. The zero-order valence-corrected chi connectivity index (χ0v) is 52.8. The summed E-state index contributed by atoms with van der Waals surface area (Å²) in [5, 5.41) is 24.6. The van der Waals surface area contributed by atoms with E-state index in [9.17, 15) is 10.5 Å². The van der Waals surface area contributed by atoms with Crippen LogP contribution in [0.4, 0.5) is 5.69 Å². The first-order chi connectivity index (χ1) is 48.4. The Morgan fingerprint density at radius 2 is 0.551 bits per heavy atom. The van der Waals surface area contributed by atoms with E-state index in [0.29, 0.717) is 34.3 Å². The van der Waals surface area contributed by atoms with Crippen molar-refractivity contribution in [3.8, 4) is 136 Å². The second-order valence-corrected chi connectivity index (χ2v) is 24.5. The lowest BCUT2D eigenvalue weighted by Crippen LogP contribution is -2.06. The van der Waals surface area contributed by atoms with E-state index in [-0.39, 0.29) is 0 Å². The van der Waals surface area contributed by atoms with Crippen LogP contribution in [0.25, 0.3) is 172 Å². The molecular formula is C90H54N8. The molecule has 0 unspecified atom stereocenters. The number of nitrogens with zero attached hydrogens (tertiary/aromatic N) is 8. The molecule has 8 nitrogen and oxygen atoms in total. The second-order valence-electron chi connectivity index (χ2n) is 24.5. The lowest BCUT2D eigenvalue weighted by molar-refractivity contribution is 1.06. The van der Waals surface area contributed by atoms with Crippen molar-refractivity contribution in [2.24, 2.45) is 0 Å². The Hall–Kier alpha value is -13.8. The molecule has 0 aliphatic heterocycles. The van der Waals surface area contributed by atoms with Gasteiger partial charge in [0, 0.05) is 38.2 Å². The molecule has 0 amide bonds. The van der Waals surface area contributed by atoms with Gasteiger partial charge in [-0.15, -0.1) is 0 Å². The van der Waals surface area contributed by atoms with E-state index in [1.807, 2.05) is 109 Å². The molecule has 0 fully saturated rings. The van der Waals surface area contributed by atoms with Crippen LogP contribution in [0.5, 0.6) is 0 Å². The number of nitriles is 2. The van der Waals surface area contributed by atoms with Gasteiger partial charge in [0.15, 0.2) is 23.2 Å². The van der Waals surface area contributed by atoms with E-state index in [1.165, 1.54) is 0 Å². The van der Waals surface area contributed by atoms with E-state index in [4.69, 9.17) is 21.5 Å². The first-order valence-electron chi connectivity index (χ1n) is 32.4. The van der Waals surface area contributed by atoms with E-state index in [2.05, 4.69) is 245 Å². The van der Waals surface area contributed by atoms with Crippen molar-refractivity contribution >= 4 is 49.3 Å². The molecule has 0 spiro atoms. The molecule has 0 atom stereocenters. The summed E-state index contributed by atoms with van der Waals surface area (Å²) in [6, 6.07) is 118. The zero-order valence-electron chi connectivity index (χ0n) is 52.8. The zero-order chi connectivity index (χ0) is 65.6. The molecule has 8 heteroatoms. The van der Waals surface area contributed by atoms with Crippen LogP contribution in [-0.2, 0) is 0 Å². The van der Waals surface area contributed by atoms with Crippen molar-refractivity contribution in [2.45, 2.75) is 0 Å². The van der Waals surface area contributed by atoms with Crippen molar-refractivity contribution in [3.63, 3.8) is 0 Å². The Morgan fingerprint density at radius 1 is 0.255 bits per heavy atom. The summed E-state index contributed by atoms with van der Waals surface area (Å²) in [6.07, 6.45) is 0. The molecule has 17 rings (SSSR count). The van der Waals surface area contributed by atoms with Crippen LogP contribution in [0.1, 0.15) is 11.1 Å². The second kappa shape index (κ2) is 24.6. The molecule has 0 radical (unpaired) electrons. The van der Waals surface area contributed by atoms with Gasteiger partial charge in [0.1, 0.15) is 0 Å². The van der Waals surface area contributed by atoms with Crippen LogP contribution in [0, 0.1) is 29.2 Å². The van der Waals surface area contributed by atoms with Gasteiger partial charge in [-0.3, -0.25) is 0 Å². The van der Waals surface area contributed by atoms with Gasteiger partial charge < -0.3 is 9.13 Å². The Morgan fingerprint density at radius 3 is 0.929 bits per heavy atom. The Labute approximate surface area is 566 Å². The van der Waals surface area contributed by atoms with Gasteiger partial charge in [-0.25, -0.2) is 19.8 Å². The maximum absolute atomic E-state index is 10.3. The average molecular weight is 1250 g/mol. The minimum Gasteiger partial charge on any atom is -0.308 e. The van der Waals surface area contributed by atoms with Gasteiger partial charge in [0.2, 0.25) is 0 Å². The van der Waals surface area contributed by atoms with Crippen LogP contribution >= 0.6 is 0 Å². The summed E-state index contributed by atoms with van der Waals surface area (Å²) < 4.78 is 4.69. The van der Waals surface area contributed by atoms with Crippen molar-refractivity contribution in [3.05, 3.63) is 350 Å². The number of hydrogen-bond donors (Lipinski definition) is 0. The van der Waals surface area contributed by atoms with Crippen molar-refractivity contribution in [1.29, 1.82) is 10.5 Å². The van der Waals surface area contributed by atoms with Crippen LogP contribution in [-0.4, -0.2) is 24.1 Å². The fourth-order valence-corrected chi connectivity index (χ4v) is 13.9. The van der Waals surface area contributed by atoms with E-state index in [1.54, 1.807) is 0 Å². The smallest absolute Gasteiger partial charge is 0.187 e. The molecular weight excluding hydrogens is 1190 g/mol.